The van der Waals surface area contributed by atoms with Gasteiger partial charge in [-0.2, -0.15) is 0 Å². The van der Waals surface area contributed by atoms with Crippen molar-refractivity contribution in [3.05, 3.63) is 56.6 Å². The summed E-state index contributed by atoms with van der Waals surface area (Å²) in [5.41, 5.74) is 1.66. The first kappa shape index (κ1) is 15.1. The van der Waals surface area contributed by atoms with Gasteiger partial charge in [-0.05, 0) is 71.5 Å². The summed E-state index contributed by atoms with van der Waals surface area (Å²) in [7, 11) is 0. The first-order valence-corrected chi connectivity index (χ1v) is 7.44. The summed E-state index contributed by atoms with van der Waals surface area (Å²) >= 11 is 8.12. The molecule has 0 aromatic heterocycles. The molecule has 3 nitrogen and oxygen atoms in total. The van der Waals surface area contributed by atoms with Crippen molar-refractivity contribution in [2.75, 3.05) is 11.9 Å². The Balaban J connectivity index is 1.92. The van der Waals surface area contributed by atoms with E-state index < -0.39 is 0 Å². The largest absolute Gasteiger partial charge is 0.484 e. The number of aryl methyl sites for hydroxylation is 1. The van der Waals surface area contributed by atoms with Crippen LogP contribution in [0.5, 0.6) is 5.75 Å². The van der Waals surface area contributed by atoms with E-state index in [0.29, 0.717) is 16.5 Å². The molecule has 2 aromatic carbocycles. The lowest BCUT2D eigenvalue weighted by molar-refractivity contribution is -0.118. The number of halogens is 2. The van der Waals surface area contributed by atoms with E-state index in [4.69, 9.17) is 16.3 Å². The third-order valence-corrected chi connectivity index (χ3v) is 3.61. The monoisotopic (exact) mass is 401 g/mol. The maximum Gasteiger partial charge on any atom is 0.262 e. The highest BCUT2D eigenvalue weighted by Gasteiger charge is 2.06. The summed E-state index contributed by atoms with van der Waals surface area (Å²) in [4.78, 5) is 11.8. The topological polar surface area (TPSA) is 38.3 Å². The number of carbonyl (C=O) groups is 1. The Kier molecular flexibility index (Phi) is 5.25. The molecule has 0 atom stereocenters. The van der Waals surface area contributed by atoms with Crippen LogP contribution in [-0.2, 0) is 4.79 Å². The standard InChI is InChI=1S/C15H13ClINO2/c1-10-2-3-11(16)8-14(10)18-15(19)9-20-13-6-4-12(17)5-7-13/h2-8H,9H2,1H3,(H,18,19). The lowest BCUT2D eigenvalue weighted by Gasteiger charge is -2.10. The minimum absolute atomic E-state index is 0.0352. The van der Waals surface area contributed by atoms with Crippen LogP contribution in [0.25, 0.3) is 0 Å². The molecule has 0 aliphatic heterocycles. The summed E-state index contributed by atoms with van der Waals surface area (Å²) < 4.78 is 6.54. The smallest absolute Gasteiger partial charge is 0.262 e. The Hall–Kier alpha value is -1.27. The van der Waals surface area contributed by atoms with Gasteiger partial charge in [0.25, 0.3) is 5.91 Å². The fourth-order valence-electron chi connectivity index (χ4n) is 1.59. The van der Waals surface area contributed by atoms with Crippen LogP contribution in [0.2, 0.25) is 5.02 Å². The molecular formula is C15H13ClINO2. The van der Waals surface area contributed by atoms with E-state index in [-0.39, 0.29) is 12.5 Å². The summed E-state index contributed by atoms with van der Waals surface area (Å²) in [6.07, 6.45) is 0. The van der Waals surface area contributed by atoms with Crippen LogP contribution in [0.4, 0.5) is 5.69 Å². The average molecular weight is 402 g/mol. The Morgan fingerprint density at radius 2 is 1.95 bits per heavy atom. The normalized spacial score (nSPS) is 10.2. The molecule has 0 heterocycles. The van der Waals surface area contributed by atoms with Gasteiger partial charge < -0.3 is 10.1 Å². The zero-order chi connectivity index (χ0) is 14.5. The Labute approximate surface area is 136 Å². The predicted octanol–water partition coefficient (Wildman–Crippen LogP) is 4.27. The van der Waals surface area contributed by atoms with Crippen molar-refractivity contribution in [3.8, 4) is 5.75 Å². The molecule has 0 aliphatic rings. The maximum absolute atomic E-state index is 11.8. The van der Waals surface area contributed by atoms with Gasteiger partial charge in [0.15, 0.2) is 6.61 Å². The summed E-state index contributed by atoms with van der Waals surface area (Å²) in [6, 6.07) is 12.9. The zero-order valence-corrected chi connectivity index (χ0v) is 13.7. The van der Waals surface area contributed by atoms with E-state index in [0.717, 1.165) is 9.13 Å². The first-order valence-electron chi connectivity index (χ1n) is 5.99. The summed E-state index contributed by atoms with van der Waals surface area (Å²) in [5, 5.41) is 3.37. The van der Waals surface area contributed by atoms with Crippen molar-refractivity contribution in [3.63, 3.8) is 0 Å². The molecule has 0 spiro atoms. The van der Waals surface area contributed by atoms with Crippen LogP contribution in [-0.4, -0.2) is 12.5 Å². The van der Waals surface area contributed by atoms with E-state index in [2.05, 4.69) is 27.9 Å². The SMILES string of the molecule is Cc1ccc(Cl)cc1NC(=O)COc1ccc(I)cc1. The predicted molar refractivity (Wildman–Crippen MR) is 89.5 cm³/mol. The number of benzene rings is 2. The first-order chi connectivity index (χ1) is 9.54. The van der Waals surface area contributed by atoms with Crippen molar-refractivity contribution < 1.29 is 9.53 Å². The Morgan fingerprint density at radius 3 is 2.65 bits per heavy atom. The van der Waals surface area contributed by atoms with Gasteiger partial charge in [-0.1, -0.05) is 17.7 Å². The Morgan fingerprint density at radius 1 is 1.25 bits per heavy atom. The van der Waals surface area contributed by atoms with E-state index in [9.17, 15) is 4.79 Å². The third kappa shape index (κ3) is 4.38. The molecular weight excluding hydrogens is 389 g/mol. The van der Waals surface area contributed by atoms with Crippen LogP contribution >= 0.6 is 34.2 Å². The zero-order valence-electron chi connectivity index (χ0n) is 10.8. The molecule has 0 radical (unpaired) electrons. The molecule has 1 amide bonds. The van der Waals surface area contributed by atoms with Crippen LogP contribution < -0.4 is 10.1 Å². The highest BCUT2D eigenvalue weighted by atomic mass is 127. The fraction of sp³-hybridized carbons (Fsp3) is 0.133. The molecule has 0 aliphatic carbocycles. The lowest BCUT2D eigenvalue weighted by Crippen LogP contribution is -2.20. The van der Waals surface area contributed by atoms with E-state index >= 15 is 0 Å². The van der Waals surface area contributed by atoms with Gasteiger partial charge in [0, 0.05) is 14.3 Å². The molecule has 1 N–H and O–H groups in total. The number of nitrogens with one attached hydrogen (secondary N) is 1. The number of amides is 1. The number of hydrogen-bond donors (Lipinski definition) is 1. The van der Waals surface area contributed by atoms with Gasteiger partial charge in [0.05, 0.1) is 0 Å². The van der Waals surface area contributed by atoms with Gasteiger partial charge in [-0.25, -0.2) is 0 Å². The number of anilines is 1. The molecule has 0 saturated heterocycles. The molecule has 2 rings (SSSR count). The van der Waals surface area contributed by atoms with Gasteiger partial charge >= 0.3 is 0 Å². The summed E-state index contributed by atoms with van der Waals surface area (Å²) in [5.74, 6) is 0.456. The van der Waals surface area contributed by atoms with Gasteiger partial charge in [-0.3, -0.25) is 4.79 Å². The molecule has 0 bridgehead atoms. The van der Waals surface area contributed by atoms with E-state index in [1.165, 1.54) is 0 Å². The van der Waals surface area contributed by atoms with E-state index in [1.54, 1.807) is 12.1 Å². The minimum atomic E-state index is -0.214. The molecule has 0 unspecified atom stereocenters. The molecule has 5 heteroatoms. The van der Waals surface area contributed by atoms with Crippen LogP contribution in [0.1, 0.15) is 5.56 Å². The molecule has 2 aromatic rings. The highest BCUT2D eigenvalue weighted by molar-refractivity contribution is 14.1. The molecule has 104 valence electrons. The van der Waals surface area contributed by atoms with Crippen LogP contribution in [0.15, 0.2) is 42.5 Å². The van der Waals surface area contributed by atoms with Gasteiger partial charge in [-0.15, -0.1) is 0 Å². The molecule has 0 saturated carbocycles. The lowest BCUT2D eigenvalue weighted by atomic mass is 10.2. The summed E-state index contributed by atoms with van der Waals surface area (Å²) in [6.45, 7) is 1.87. The van der Waals surface area contributed by atoms with Crippen molar-refractivity contribution in [2.45, 2.75) is 6.92 Å². The highest BCUT2D eigenvalue weighted by Crippen LogP contribution is 2.20. The van der Waals surface area contributed by atoms with E-state index in [1.807, 2.05) is 37.3 Å². The molecule has 20 heavy (non-hydrogen) atoms. The number of carbonyl (C=O) groups excluding carboxylic acids is 1. The van der Waals surface area contributed by atoms with Crippen LogP contribution in [0, 0.1) is 10.5 Å². The van der Waals surface area contributed by atoms with Crippen molar-refractivity contribution in [2.24, 2.45) is 0 Å². The van der Waals surface area contributed by atoms with Crippen molar-refractivity contribution in [1.29, 1.82) is 0 Å². The quantitative estimate of drug-likeness (QED) is 0.777. The average Bonchev–Trinajstić information content (AvgIpc) is 2.42. The van der Waals surface area contributed by atoms with Crippen molar-refractivity contribution in [1.82, 2.24) is 0 Å². The molecule has 0 fully saturated rings. The number of ether oxygens (including phenoxy) is 1. The third-order valence-electron chi connectivity index (χ3n) is 2.66. The van der Waals surface area contributed by atoms with Crippen LogP contribution in [0.3, 0.4) is 0 Å². The second-order valence-electron chi connectivity index (χ2n) is 4.25. The maximum atomic E-state index is 11.8. The second-order valence-corrected chi connectivity index (χ2v) is 5.93. The number of rotatable bonds is 4. The Bertz CT molecular complexity index is 614. The minimum Gasteiger partial charge on any atom is -0.484 e. The van der Waals surface area contributed by atoms with Gasteiger partial charge in [0.2, 0.25) is 0 Å². The van der Waals surface area contributed by atoms with Gasteiger partial charge in [0.1, 0.15) is 5.75 Å². The second kappa shape index (κ2) is 6.95. The number of hydrogen-bond acceptors (Lipinski definition) is 2. The fourth-order valence-corrected chi connectivity index (χ4v) is 2.13. The van der Waals surface area contributed by atoms with Crippen molar-refractivity contribution >= 4 is 45.8 Å².